The number of fused-ring (bicyclic) bond motifs is 1. The molecule has 4 aromatic rings. The minimum Gasteiger partial charge on any atom is -0.490 e. The molecule has 2 aromatic heterocycles. The van der Waals surface area contributed by atoms with Crippen molar-refractivity contribution in [1.29, 1.82) is 5.26 Å². The first-order valence-corrected chi connectivity index (χ1v) is 11.5. The number of hydrogen-bond donors (Lipinski definition) is 2. The quantitative estimate of drug-likeness (QED) is 0.280. The summed E-state index contributed by atoms with van der Waals surface area (Å²) in [6, 6.07) is 12.7. The van der Waals surface area contributed by atoms with Gasteiger partial charge in [0.15, 0.2) is 0 Å². The Morgan fingerprint density at radius 2 is 1.89 bits per heavy atom. The fourth-order valence-electron chi connectivity index (χ4n) is 3.78. The molecular formula is C26H27FN6O2. The number of halogens is 1. The first-order valence-electron chi connectivity index (χ1n) is 11.5. The van der Waals surface area contributed by atoms with Gasteiger partial charge >= 0.3 is 0 Å². The third kappa shape index (κ3) is 7.06. The van der Waals surface area contributed by atoms with Gasteiger partial charge in [-0.15, -0.1) is 0 Å². The Bertz CT molecular complexity index is 1270. The number of nitriles is 1. The topological polar surface area (TPSA) is 109 Å². The smallest absolute Gasteiger partial charge is 0.131 e. The zero-order valence-corrected chi connectivity index (χ0v) is 19.3. The lowest BCUT2D eigenvalue weighted by molar-refractivity contribution is 0.0979. The number of rotatable bonds is 13. The number of benzene rings is 2. The molecule has 0 aliphatic heterocycles. The molecule has 0 fully saturated rings. The zero-order chi connectivity index (χ0) is 24.3. The number of ether oxygens (including phenoxy) is 2. The third-order valence-electron chi connectivity index (χ3n) is 5.45. The number of aromatic nitrogens is 4. The Kier molecular flexibility index (Phi) is 8.70. The zero-order valence-electron chi connectivity index (χ0n) is 19.3. The van der Waals surface area contributed by atoms with Gasteiger partial charge in [0.05, 0.1) is 48.6 Å². The van der Waals surface area contributed by atoms with E-state index in [0.29, 0.717) is 31.9 Å². The molecule has 0 saturated carbocycles. The average molecular weight is 475 g/mol. The van der Waals surface area contributed by atoms with Gasteiger partial charge in [-0.05, 0) is 66.4 Å². The molecule has 180 valence electrons. The molecule has 0 unspecified atom stereocenters. The van der Waals surface area contributed by atoms with Crippen LogP contribution in [-0.4, -0.2) is 46.8 Å². The monoisotopic (exact) mass is 474 g/mol. The molecule has 0 spiro atoms. The van der Waals surface area contributed by atoms with E-state index in [1.54, 1.807) is 18.6 Å². The number of H-pyrrole nitrogens is 1. The Balaban J connectivity index is 1.14. The fraction of sp³-hybridized carbons (Fsp3) is 0.308. The van der Waals surface area contributed by atoms with Crippen LogP contribution in [0.4, 0.5) is 4.39 Å². The highest BCUT2D eigenvalue weighted by Gasteiger charge is 2.09. The summed E-state index contributed by atoms with van der Waals surface area (Å²) in [5.74, 6) is 0.436. The maximum absolute atomic E-state index is 13.6. The van der Waals surface area contributed by atoms with E-state index >= 15 is 0 Å². The van der Waals surface area contributed by atoms with Crippen LogP contribution >= 0.6 is 0 Å². The van der Waals surface area contributed by atoms with Crippen LogP contribution in [-0.2, 0) is 17.7 Å². The lowest BCUT2D eigenvalue weighted by Gasteiger charge is -2.10. The lowest BCUT2D eigenvalue weighted by Crippen LogP contribution is -2.16. The van der Waals surface area contributed by atoms with Crippen molar-refractivity contribution < 1.29 is 13.9 Å². The fourth-order valence-corrected chi connectivity index (χ4v) is 3.78. The van der Waals surface area contributed by atoms with Crippen molar-refractivity contribution in [2.24, 2.45) is 0 Å². The van der Waals surface area contributed by atoms with Crippen molar-refractivity contribution in [1.82, 2.24) is 25.7 Å². The van der Waals surface area contributed by atoms with Crippen LogP contribution in [0.15, 0.2) is 55.0 Å². The van der Waals surface area contributed by atoms with Crippen molar-refractivity contribution in [2.45, 2.75) is 25.8 Å². The summed E-state index contributed by atoms with van der Waals surface area (Å²) in [7, 11) is 0. The molecular weight excluding hydrogens is 447 g/mol. The van der Waals surface area contributed by atoms with Crippen molar-refractivity contribution in [3.05, 3.63) is 71.9 Å². The van der Waals surface area contributed by atoms with Gasteiger partial charge in [0.1, 0.15) is 18.2 Å². The molecule has 0 atom stereocenters. The molecule has 0 amide bonds. The molecule has 2 aromatic carbocycles. The minimum absolute atomic E-state index is 0.215. The normalized spacial score (nSPS) is 11.0. The molecule has 4 rings (SSSR count). The van der Waals surface area contributed by atoms with Crippen LogP contribution in [0.3, 0.4) is 0 Å². The summed E-state index contributed by atoms with van der Waals surface area (Å²) in [5, 5.41) is 27.9. The first-order chi connectivity index (χ1) is 17.2. The van der Waals surface area contributed by atoms with Crippen molar-refractivity contribution in [3.8, 4) is 22.9 Å². The second-order valence-electron chi connectivity index (χ2n) is 8.08. The largest absolute Gasteiger partial charge is 0.490 e. The van der Waals surface area contributed by atoms with E-state index < -0.39 is 0 Å². The maximum Gasteiger partial charge on any atom is 0.131 e. The van der Waals surface area contributed by atoms with Gasteiger partial charge < -0.3 is 14.8 Å². The molecule has 0 radical (unpaired) electrons. The van der Waals surface area contributed by atoms with E-state index in [-0.39, 0.29) is 12.2 Å². The predicted octanol–water partition coefficient (Wildman–Crippen LogP) is 4.19. The van der Waals surface area contributed by atoms with Crippen LogP contribution in [0.5, 0.6) is 5.75 Å². The highest BCUT2D eigenvalue weighted by Crippen LogP contribution is 2.31. The van der Waals surface area contributed by atoms with Gasteiger partial charge in [-0.1, -0.05) is 6.07 Å². The number of hydrogen-bond acceptors (Lipinski definition) is 7. The molecule has 0 bridgehead atoms. The van der Waals surface area contributed by atoms with E-state index in [9.17, 15) is 4.39 Å². The highest BCUT2D eigenvalue weighted by molar-refractivity contribution is 5.89. The Hall–Kier alpha value is -3.87. The summed E-state index contributed by atoms with van der Waals surface area (Å²) in [6.07, 6.45) is 7.19. The van der Waals surface area contributed by atoms with Crippen LogP contribution in [0.1, 0.15) is 24.0 Å². The summed E-state index contributed by atoms with van der Waals surface area (Å²) < 4.78 is 25.3. The minimum atomic E-state index is -0.306. The van der Waals surface area contributed by atoms with E-state index in [4.69, 9.17) is 14.7 Å². The second kappa shape index (κ2) is 12.6. The average Bonchev–Trinajstić information content (AvgIpc) is 3.34. The van der Waals surface area contributed by atoms with Gasteiger partial charge in [0.25, 0.3) is 0 Å². The van der Waals surface area contributed by atoms with Crippen molar-refractivity contribution in [3.63, 3.8) is 0 Å². The Labute approximate surface area is 203 Å². The predicted molar refractivity (Wildman–Crippen MR) is 130 cm³/mol. The van der Waals surface area contributed by atoms with E-state index in [2.05, 4.69) is 25.7 Å². The van der Waals surface area contributed by atoms with E-state index in [1.807, 2.05) is 30.3 Å². The summed E-state index contributed by atoms with van der Waals surface area (Å²) in [4.78, 5) is 0. The van der Waals surface area contributed by atoms with Crippen LogP contribution in [0.2, 0.25) is 0 Å². The SMILES string of the molecule is N#CCc1cc(F)cc(CNCCCCOCCOc2cc(-c3ccnnc3)cc3[nH]ncc23)c1. The molecule has 2 heterocycles. The standard InChI is InChI=1S/C26H27FN6O2/c27-23-12-19(3-5-28)11-20(13-23)16-29-6-1-2-8-34-9-10-35-26-15-22(21-4-7-30-31-17-21)14-25-24(26)18-32-33-25/h4,7,11-15,17-18,29H,1-3,6,8-10,16H2,(H,32,33). The van der Waals surface area contributed by atoms with Crippen LogP contribution < -0.4 is 10.1 Å². The van der Waals surface area contributed by atoms with Gasteiger partial charge in [-0.25, -0.2) is 4.39 Å². The number of nitrogens with zero attached hydrogens (tertiary/aromatic N) is 4. The highest BCUT2D eigenvalue weighted by atomic mass is 19.1. The van der Waals surface area contributed by atoms with E-state index in [0.717, 1.165) is 52.7 Å². The van der Waals surface area contributed by atoms with Crippen LogP contribution in [0.25, 0.3) is 22.0 Å². The number of aromatic amines is 1. The molecule has 2 N–H and O–H groups in total. The molecule has 0 aliphatic rings. The number of nitrogens with one attached hydrogen (secondary N) is 2. The molecule has 0 saturated heterocycles. The van der Waals surface area contributed by atoms with Gasteiger partial charge in [0, 0.05) is 18.7 Å². The maximum atomic E-state index is 13.6. The summed E-state index contributed by atoms with van der Waals surface area (Å²) in [5.41, 5.74) is 4.36. The van der Waals surface area contributed by atoms with Gasteiger partial charge in [0.2, 0.25) is 0 Å². The van der Waals surface area contributed by atoms with Gasteiger partial charge in [-0.2, -0.15) is 20.6 Å². The van der Waals surface area contributed by atoms with Crippen molar-refractivity contribution >= 4 is 10.9 Å². The Morgan fingerprint density at radius 3 is 2.74 bits per heavy atom. The third-order valence-corrected chi connectivity index (χ3v) is 5.45. The molecule has 35 heavy (non-hydrogen) atoms. The van der Waals surface area contributed by atoms with Gasteiger partial charge in [-0.3, -0.25) is 5.10 Å². The first kappa shape index (κ1) is 24.3. The molecule has 8 nitrogen and oxygen atoms in total. The molecule has 9 heteroatoms. The van der Waals surface area contributed by atoms with Crippen molar-refractivity contribution in [2.75, 3.05) is 26.4 Å². The van der Waals surface area contributed by atoms with E-state index in [1.165, 1.54) is 12.1 Å². The number of unbranched alkanes of at least 4 members (excludes halogenated alkanes) is 1. The Morgan fingerprint density at radius 1 is 0.971 bits per heavy atom. The summed E-state index contributed by atoms with van der Waals surface area (Å²) >= 11 is 0. The molecule has 0 aliphatic carbocycles. The summed E-state index contributed by atoms with van der Waals surface area (Å²) in [6.45, 7) is 2.93. The lowest BCUT2D eigenvalue weighted by atomic mass is 10.1. The van der Waals surface area contributed by atoms with Crippen LogP contribution in [0, 0.1) is 17.1 Å². The second-order valence-corrected chi connectivity index (χ2v) is 8.08.